The number of fused-ring (bicyclic) bond motifs is 1. The van der Waals surface area contributed by atoms with Crippen molar-refractivity contribution in [1.29, 1.82) is 0 Å². The van der Waals surface area contributed by atoms with Gasteiger partial charge in [-0.05, 0) is 25.0 Å². The molecule has 9 nitrogen and oxygen atoms in total. The van der Waals surface area contributed by atoms with Crippen molar-refractivity contribution in [2.75, 3.05) is 48.8 Å². The number of hydrogen-bond donors (Lipinski definition) is 1. The number of halogens is 2. The first kappa shape index (κ1) is 23.0. The highest BCUT2D eigenvalue weighted by atomic mass is 32.2. The SMILES string of the molecule is O=S(CCNc1nc(N2CCOCC2)nc(-n2c(C(F)F)nc3ccccc32)n1)C1CCCC1. The number of para-hydroxylation sites is 2. The average molecular weight is 492 g/mol. The van der Waals surface area contributed by atoms with Gasteiger partial charge in [0.25, 0.3) is 6.43 Å². The number of aromatic nitrogens is 5. The molecule has 0 spiro atoms. The first-order valence-corrected chi connectivity index (χ1v) is 12.9. The zero-order chi connectivity index (χ0) is 23.5. The Labute approximate surface area is 198 Å². The maximum atomic E-state index is 13.9. The van der Waals surface area contributed by atoms with E-state index in [9.17, 15) is 13.0 Å². The molecule has 3 aromatic rings. The molecule has 182 valence electrons. The van der Waals surface area contributed by atoms with Crippen LogP contribution < -0.4 is 10.2 Å². The van der Waals surface area contributed by atoms with Gasteiger partial charge in [0.05, 0.1) is 24.2 Å². The second kappa shape index (κ2) is 10.3. The highest BCUT2D eigenvalue weighted by molar-refractivity contribution is 7.85. The summed E-state index contributed by atoms with van der Waals surface area (Å²) in [5.74, 6) is 0.765. The fourth-order valence-corrected chi connectivity index (χ4v) is 5.92. The summed E-state index contributed by atoms with van der Waals surface area (Å²) in [4.78, 5) is 19.6. The van der Waals surface area contributed by atoms with Gasteiger partial charge in [0.2, 0.25) is 17.8 Å². The molecule has 0 radical (unpaired) electrons. The number of imidazole rings is 1. The van der Waals surface area contributed by atoms with Crippen molar-refractivity contribution >= 4 is 33.7 Å². The highest BCUT2D eigenvalue weighted by Gasteiger charge is 2.25. The van der Waals surface area contributed by atoms with Crippen molar-refractivity contribution in [3.63, 3.8) is 0 Å². The summed E-state index contributed by atoms with van der Waals surface area (Å²) in [7, 11) is -0.917. The number of anilines is 2. The van der Waals surface area contributed by atoms with Crippen LogP contribution in [0.25, 0.3) is 17.0 Å². The van der Waals surface area contributed by atoms with Gasteiger partial charge in [-0.2, -0.15) is 15.0 Å². The summed E-state index contributed by atoms with van der Waals surface area (Å²) >= 11 is 0. The van der Waals surface area contributed by atoms with Crippen LogP contribution in [0, 0.1) is 0 Å². The van der Waals surface area contributed by atoms with Gasteiger partial charge in [-0.1, -0.05) is 25.0 Å². The molecule has 34 heavy (non-hydrogen) atoms. The molecule has 12 heteroatoms. The van der Waals surface area contributed by atoms with E-state index in [4.69, 9.17) is 4.74 Å². The van der Waals surface area contributed by atoms with Gasteiger partial charge in [-0.25, -0.2) is 13.8 Å². The number of ether oxygens (including phenoxy) is 1. The monoisotopic (exact) mass is 491 g/mol. The van der Waals surface area contributed by atoms with Crippen molar-refractivity contribution in [3.05, 3.63) is 30.1 Å². The third-order valence-corrected chi connectivity index (χ3v) is 7.97. The third-order valence-electron chi connectivity index (χ3n) is 6.15. The molecule has 1 atom stereocenters. The lowest BCUT2D eigenvalue weighted by molar-refractivity contribution is 0.122. The average Bonchev–Trinajstić information content (AvgIpc) is 3.53. The number of nitrogens with zero attached hydrogens (tertiary/aromatic N) is 6. The molecule has 1 N–H and O–H groups in total. The topological polar surface area (TPSA) is 98.1 Å². The van der Waals surface area contributed by atoms with E-state index in [2.05, 4.69) is 25.3 Å². The predicted octanol–water partition coefficient (Wildman–Crippen LogP) is 3.09. The van der Waals surface area contributed by atoms with Crippen molar-refractivity contribution in [3.8, 4) is 5.95 Å². The van der Waals surface area contributed by atoms with Crippen molar-refractivity contribution in [1.82, 2.24) is 24.5 Å². The van der Waals surface area contributed by atoms with Crippen LogP contribution in [-0.4, -0.2) is 72.6 Å². The molecule has 0 amide bonds. The van der Waals surface area contributed by atoms with E-state index < -0.39 is 23.0 Å². The molecule has 3 heterocycles. The molecule has 1 saturated heterocycles. The minimum Gasteiger partial charge on any atom is -0.378 e. The Morgan fingerprint density at radius 1 is 1.06 bits per heavy atom. The zero-order valence-electron chi connectivity index (χ0n) is 18.7. The maximum absolute atomic E-state index is 13.9. The number of hydrogen-bond acceptors (Lipinski definition) is 8. The Balaban J connectivity index is 1.47. The van der Waals surface area contributed by atoms with Gasteiger partial charge in [0.1, 0.15) is 0 Å². The molecular formula is C22H27F2N7O2S. The summed E-state index contributed by atoms with van der Waals surface area (Å²) < 4.78 is 47.1. The van der Waals surface area contributed by atoms with Crippen LogP contribution in [0.4, 0.5) is 20.7 Å². The standard InChI is InChI=1S/C22H27F2N7O2S/c23-18(24)19-26-16-7-3-4-8-17(16)31(19)22-28-20(25-9-14-34(32)15-5-1-2-6-15)27-21(29-22)30-10-12-33-13-11-30/h3-4,7-8,15,18H,1-2,5-6,9-14H2,(H,25,27,28,29). The number of morpholine rings is 1. The lowest BCUT2D eigenvalue weighted by Crippen LogP contribution is -2.37. The van der Waals surface area contributed by atoms with Crippen LogP contribution in [0.5, 0.6) is 0 Å². The van der Waals surface area contributed by atoms with Gasteiger partial charge >= 0.3 is 0 Å². The summed E-state index contributed by atoms with van der Waals surface area (Å²) in [6, 6.07) is 6.90. The highest BCUT2D eigenvalue weighted by Crippen LogP contribution is 2.28. The first-order valence-electron chi connectivity index (χ1n) is 11.6. The number of alkyl halides is 2. The Bertz CT molecular complexity index is 1160. The molecule has 0 bridgehead atoms. The normalized spacial score (nSPS) is 18.1. The number of nitrogens with one attached hydrogen (secondary N) is 1. The van der Waals surface area contributed by atoms with Crippen molar-refractivity contribution in [2.45, 2.75) is 37.4 Å². The molecule has 5 rings (SSSR count). The van der Waals surface area contributed by atoms with E-state index in [0.29, 0.717) is 55.6 Å². The Morgan fingerprint density at radius 3 is 2.56 bits per heavy atom. The Hall–Kier alpha value is -2.73. The molecule has 2 aliphatic rings. The molecule has 1 aliphatic carbocycles. The van der Waals surface area contributed by atoms with Gasteiger partial charge in [0, 0.05) is 41.4 Å². The van der Waals surface area contributed by atoms with Crippen LogP contribution >= 0.6 is 0 Å². The van der Waals surface area contributed by atoms with Crippen LogP contribution in [-0.2, 0) is 15.5 Å². The maximum Gasteiger partial charge on any atom is 0.296 e. The van der Waals surface area contributed by atoms with Gasteiger partial charge in [-0.15, -0.1) is 0 Å². The fourth-order valence-electron chi connectivity index (χ4n) is 4.42. The van der Waals surface area contributed by atoms with Crippen molar-refractivity contribution in [2.24, 2.45) is 0 Å². The number of rotatable bonds is 8. The minimum atomic E-state index is -2.80. The quantitative estimate of drug-likeness (QED) is 0.513. The number of benzene rings is 1. The van der Waals surface area contributed by atoms with Crippen LogP contribution in [0.3, 0.4) is 0 Å². The Kier molecular flexibility index (Phi) is 6.95. The van der Waals surface area contributed by atoms with E-state index in [1.54, 1.807) is 24.3 Å². The minimum absolute atomic E-state index is 0.0694. The molecule has 1 saturated carbocycles. The van der Waals surface area contributed by atoms with Crippen LogP contribution in [0.1, 0.15) is 37.9 Å². The summed E-state index contributed by atoms with van der Waals surface area (Å²) in [6.45, 7) is 2.64. The molecule has 1 aromatic carbocycles. The zero-order valence-corrected chi connectivity index (χ0v) is 19.5. The second-order valence-electron chi connectivity index (χ2n) is 8.37. The molecule has 2 fully saturated rings. The smallest absolute Gasteiger partial charge is 0.296 e. The fraction of sp³-hybridized carbons (Fsp3) is 0.545. The predicted molar refractivity (Wildman–Crippen MR) is 126 cm³/mol. The van der Waals surface area contributed by atoms with Crippen LogP contribution in [0.15, 0.2) is 24.3 Å². The lowest BCUT2D eigenvalue weighted by atomic mass is 10.3. The van der Waals surface area contributed by atoms with E-state index >= 15 is 0 Å². The summed E-state index contributed by atoms with van der Waals surface area (Å²) in [5.41, 5.74) is 0.929. The van der Waals surface area contributed by atoms with E-state index in [1.807, 2.05) is 4.90 Å². The lowest BCUT2D eigenvalue weighted by Gasteiger charge is -2.27. The van der Waals surface area contributed by atoms with Gasteiger partial charge in [-0.3, -0.25) is 8.78 Å². The molecule has 2 aromatic heterocycles. The Morgan fingerprint density at radius 2 is 1.79 bits per heavy atom. The van der Waals surface area contributed by atoms with E-state index in [-0.39, 0.29) is 17.1 Å². The first-order chi connectivity index (χ1) is 16.6. The molecule has 1 unspecified atom stereocenters. The van der Waals surface area contributed by atoms with Gasteiger partial charge < -0.3 is 15.0 Å². The second-order valence-corrected chi connectivity index (χ2v) is 10.2. The largest absolute Gasteiger partial charge is 0.378 e. The van der Waals surface area contributed by atoms with Crippen molar-refractivity contribution < 1.29 is 17.7 Å². The third kappa shape index (κ3) is 4.88. The summed E-state index contributed by atoms with van der Waals surface area (Å²) in [5, 5.41) is 3.40. The molecule has 1 aliphatic heterocycles. The van der Waals surface area contributed by atoms with Gasteiger partial charge in [0.15, 0.2) is 5.82 Å². The van der Waals surface area contributed by atoms with E-state index in [0.717, 1.165) is 25.7 Å². The van der Waals surface area contributed by atoms with Crippen LogP contribution in [0.2, 0.25) is 0 Å². The summed E-state index contributed by atoms with van der Waals surface area (Å²) in [6.07, 6.45) is 1.48. The molecular weight excluding hydrogens is 464 g/mol. The van der Waals surface area contributed by atoms with E-state index in [1.165, 1.54) is 4.57 Å².